The fourth-order valence-corrected chi connectivity index (χ4v) is 2.86. The van der Waals surface area contributed by atoms with E-state index >= 15 is 0 Å². The molecule has 0 atom stereocenters. The molecule has 0 radical (unpaired) electrons. The second-order valence-corrected chi connectivity index (χ2v) is 6.57. The topological polar surface area (TPSA) is 83.4 Å². The molecule has 0 unspecified atom stereocenters. The number of amides is 2. The van der Waals surface area contributed by atoms with Crippen molar-refractivity contribution in [2.24, 2.45) is 0 Å². The van der Waals surface area contributed by atoms with E-state index in [-0.39, 0.29) is 29.1 Å². The second-order valence-electron chi connectivity index (χ2n) is 6.57. The van der Waals surface area contributed by atoms with Gasteiger partial charge in [-0.1, -0.05) is 6.07 Å². The van der Waals surface area contributed by atoms with E-state index in [4.69, 9.17) is 14.9 Å². The Morgan fingerprint density at radius 1 is 1.00 bits per heavy atom. The molecule has 1 saturated heterocycles. The van der Waals surface area contributed by atoms with Gasteiger partial charge in [0.25, 0.3) is 0 Å². The highest BCUT2D eigenvalue weighted by molar-refractivity contribution is 6.15. The van der Waals surface area contributed by atoms with E-state index in [1.54, 1.807) is 0 Å². The number of carbonyl (C=O) groups is 1. The molecule has 2 aromatic rings. The van der Waals surface area contributed by atoms with E-state index in [2.05, 4.69) is 10.6 Å². The summed E-state index contributed by atoms with van der Waals surface area (Å²) in [6, 6.07) is 5.00. The van der Waals surface area contributed by atoms with Crippen molar-refractivity contribution in [3.8, 4) is 11.5 Å². The number of alkyl halides is 6. The van der Waals surface area contributed by atoms with Crippen LogP contribution in [-0.2, 0) is 19.0 Å². The third kappa shape index (κ3) is 5.13. The number of rotatable bonds is 5. The Labute approximate surface area is 177 Å². The van der Waals surface area contributed by atoms with Gasteiger partial charge in [0.2, 0.25) is 0 Å². The van der Waals surface area contributed by atoms with Gasteiger partial charge in [0, 0.05) is 17.2 Å². The summed E-state index contributed by atoms with van der Waals surface area (Å²) in [6.07, 6.45) is -8.47. The standard InChI is InChI=1S/C20H15F6N3O3/c1-31-16-8-13(5-3-10(16)6-15-17(27)29-18(30)28-15)32-9-11-2-4-12(19(21,22)23)7-14(11)20(24,25)26/h2-8H,9H2,1H3,(H3,27,28,29,30)/b15-6-. The number of hydrogen-bond donors (Lipinski definition) is 3. The van der Waals surface area contributed by atoms with Crippen molar-refractivity contribution in [1.82, 2.24) is 10.6 Å². The van der Waals surface area contributed by atoms with Crippen LogP contribution in [0.15, 0.2) is 42.1 Å². The van der Waals surface area contributed by atoms with Gasteiger partial charge in [-0.3, -0.25) is 10.7 Å². The van der Waals surface area contributed by atoms with Crippen LogP contribution in [-0.4, -0.2) is 19.0 Å². The summed E-state index contributed by atoms with van der Waals surface area (Å²) < 4.78 is 88.7. The Balaban J connectivity index is 1.84. The van der Waals surface area contributed by atoms with Gasteiger partial charge in [-0.2, -0.15) is 26.3 Å². The molecule has 3 rings (SSSR count). The molecule has 12 heteroatoms. The lowest BCUT2D eigenvalue weighted by molar-refractivity contribution is -0.143. The normalized spacial score (nSPS) is 15.5. The molecular formula is C20H15F6N3O3. The van der Waals surface area contributed by atoms with E-state index in [1.165, 1.54) is 31.4 Å². The summed E-state index contributed by atoms with van der Waals surface area (Å²) in [7, 11) is 1.33. The lowest BCUT2D eigenvalue weighted by atomic mass is 10.0. The average molecular weight is 459 g/mol. The first-order valence-corrected chi connectivity index (χ1v) is 8.85. The zero-order chi connectivity index (χ0) is 23.7. The van der Waals surface area contributed by atoms with Crippen LogP contribution >= 0.6 is 0 Å². The van der Waals surface area contributed by atoms with E-state index in [1.807, 2.05) is 0 Å². The van der Waals surface area contributed by atoms with Gasteiger partial charge in [0.1, 0.15) is 18.1 Å². The van der Waals surface area contributed by atoms with E-state index in [0.717, 1.165) is 6.07 Å². The fourth-order valence-electron chi connectivity index (χ4n) is 2.86. The SMILES string of the molecule is COc1cc(OCc2ccc(C(F)(F)F)cc2C(F)(F)F)ccc1/C=C1\NC(=O)NC1=N. The molecule has 0 saturated carbocycles. The number of ether oxygens (including phenoxy) is 2. The number of benzene rings is 2. The molecule has 32 heavy (non-hydrogen) atoms. The molecule has 1 fully saturated rings. The molecular weight excluding hydrogens is 444 g/mol. The Morgan fingerprint density at radius 2 is 1.72 bits per heavy atom. The number of hydrogen-bond acceptors (Lipinski definition) is 4. The van der Waals surface area contributed by atoms with Gasteiger partial charge in [-0.25, -0.2) is 4.79 Å². The van der Waals surface area contributed by atoms with Crippen LogP contribution in [0, 0.1) is 5.41 Å². The van der Waals surface area contributed by atoms with Crippen LogP contribution in [0.3, 0.4) is 0 Å². The Hall–Kier alpha value is -3.70. The largest absolute Gasteiger partial charge is 0.496 e. The van der Waals surface area contributed by atoms with Gasteiger partial charge < -0.3 is 14.8 Å². The van der Waals surface area contributed by atoms with Crippen LogP contribution in [0.2, 0.25) is 0 Å². The number of nitrogens with one attached hydrogen (secondary N) is 3. The number of methoxy groups -OCH3 is 1. The molecule has 2 amide bonds. The first-order valence-electron chi connectivity index (χ1n) is 8.85. The summed E-state index contributed by atoms with van der Waals surface area (Å²) in [6.45, 7) is -0.638. The Bertz CT molecular complexity index is 1090. The van der Waals surface area contributed by atoms with E-state index in [0.29, 0.717) is 11.6 Å². The molecule has 2 aromatic carbocycles. The quantitative estimate of drug-likeness (QED) is 0.554. The highest BCUT2D eigenvalue weighted by atomic mass is 19.4. The third-order valence-corrected chi connectivity index (χ3v) is 4.40. The summed E-state index contributed by atoms with van der Waals surface area (Å²) in [5, 5.41) is 12.3. The van der Waals surface area contributed by atoms with Crippen molar-refractivity contribution in [1.29, 1.82) is 5.41 Å². The molecule has 3 N–H and O–H groups in total. The van der Waals surface area contributed by atoms with Crippen LogP contribution < -0.4 is 20.1 Å². The molecule has 6 nitrogen and oxygen atoms in total. The zero-order valence-corrected chi connectivity index (χ0v) is 16.2. The van der Waals surface area contributed by atoms with Gasteiger partial charge in [-0.15, -0.1) is 0 Å². The van der Waals surface area contributed by atoms with Gasteiger partial charge in [0.05, 0.1) is 23.9 Å². The van der Waals surface area contributed by atoms with Crippen molar-refractivity contribution in [2.45, 2.75) is 19.0 Å². The van der Waals surface area contributed by atoms with Crippen molar-refractivity contribution < 1.29 is 40.6 Å². The maximum atomic E-state index is 13.3. The summed E-state index contributed by atoms with van der Waals surface area (Å²) in [5.41, 5.74) is -2.70. The average Bonchev–Trinajstić information content (AvgIpc) is 3.02. The van der Waals surface area contributed by atoms with Crippen molar-refractivity contribution in [3.63, 3.8) is 0 Å². The van der Waals surface area contributed by atoms with Gasteiger partial charge >= 0.3 is 18.4 Å². The highest BCUT2D eigenvalue weighted by Crippen LogP contribution is 2.38. The first-order chi connectivity index (χ1) is 14.9. The second kappa shape index (κ2) is 8.44. The number of urea groups is 1. The minimum absolute atomic E-state index is 0.0490. The van der Waals surface area contributed by atoms with Crippen molar-refractivity contribution >= 4 is 17.9 Å². The molecule has 170 valence electrons. The molecule has 0 aromatic heterocycles. The Morgan fingerprint density at radius 3 is 2.28 bits per heavy atom. The zero-order valence-electron chi connectivity index (χ0n) is 16.2. The highest BCUT2D eigenvalue weighted by Gasteiger charge is 2.38. The van der Waals surface area contributed by atoms with Crippen LogP contribution in [0.25, 0.3) is 6.08 Å². The van der Waals surface area contributed by atoms with Gasteiger partial charge in [-0.05, 0) is 30.3 Å². The van der Waals surface area contributed by atoms with Crippen molar-refractivity contribution in [2.75, 3.05) is 7.11 Å². The fraction of sp³-hybridized carbons (Fsp3) is 0.200. The van der Waals surface area contributed by atoms with E-state index in [9.17, 15) is 31.1 Å². The first kappa shape index (κ1) is 23.0. The molecule has 1 aliphatic heterocycles. The minimum Gasteiger partial charge on any atom is -0.496 e. The Kier molecular flexibility index (Phi) is 6.06. The predicted octanol–water partition coefficient (Wildman–Crippen LogP) is 4.94. The molecule has 1 aliphatic rings. The number of carbonyl (C=O) groups excluding carboxylic acids is 1. The minimum atomic E-state index is -5.00. The van der Waals surface area contributed by atoms with Gasteiger partial charge in [0.15, 0.2) is 5.84 Å². The molecule has 0 bridgehead atoms. The smallest absolute Gasteiger partial charge is 0.416 e. The summed E-state index contributed by atoms with van der Waals surface area (Å²) in [4.78, 5) is 11.3. The monoisotopic (exact) mass is 459 g/mol. The maximum Gasteiger partial charge on any atom is 0.416 e. The molecule has 1 heterocycles. The summed E-state index contributed by atoms with van der Waals surface area (Å²) in [5.74, 6) is 0.174. The molecule has 0 spiro atoms. The summed E-state index contributed by atoms with van der Waals surface area (Å²) >= 11 is 0. The van der Waals surface area contributed by atoms with Crippen LogP contribution in [0.4, 0.5) is 31.1 Å². The van der Waals surface area contributed by atoms with E-state index < -0.39 is 41.7 Å². The number of amidine groups is 1. The maximum absolute atomic E-state index is 13.3. The van der Waals surface area contributed by atoms with Crippen LogP contribution in [0.1, 0.15) is 22.3 Å². The van der Waals surface area contributed by atoms with Crippen molar-refractivity contribution in [3.05, 3.63) is 64.3 Å². The lowest BCUT2D eigenvalue weighted by Crippen LogP contribution is -2.21. The number of halogens is 6. The van der Waals surface area contributed by atoms with Crippen LogP contribution in [0.5, 0.6) is 11.5 Å². The molecule has 0 aliphatic carbocycles. The third-order valence-electron chi connectivity index (χ3n) is 4.40. The lowest BCUT2D eigenvalue weighted by Gasteiger charge is -2.17. The predicted molar refractivity (Wildman–Crippen MR) is 101 cm³/mol.